The number of aromatic carboxylic acids is 1. The summed E-state index contributed by atoms with van der Waals surface area (Å²) in [6.45, 7) is 0. The number of thioether (sulfide) groups is 1. The van der Waals surface area contributed by atoms with Crippen LogP contribution in [0.2, 0.25) is 0 Å². The Morgan fingerprint density at radius 2 is 2.12 bits per heavy atom. The number of nitrogens with zero attached hydrogens (tertiary/aromatic N) is 2. The lowest BCUT2D eigenvalue weighted by molar-refractivity contribution is -0.255. The molecule has 0 spiro atoms. The zero-order chi connectivity index (χ0) is 16.5. The second kappa shape index (κ2) is 6.53. The van der Waals surface area contributed by atoms with Crippen LogP contribution in [-0.2, 0) is 18.6 Å². The molecule has 1 aromatic carbocycles. The van der Waals surface area contributed by atoms with Crippen LogP contribution in [0.25, 0.3) is 10.2 Å². The quantitative estimate of drug-likeness (QED) is 0.531. The zero-order valence-electron chi connectivity index (χ0n) is 12.9. The second-order valence-electron chi connectivity index (χ2n) is 5.85. The Labute approximate surface area is 148 Å². The number of aromatic nitrogens is 2. The van der Waals surface area contributed by atoms with Crippen molar-refractivity contribution in [3.05, 3.63) is 52.2 Å². The Morgan fingerprint density at radius 1 is 1.25 bits per heavy atom. The SMILES string of the molecule is O=C([O-])c1cccc(CSc2ncnc3sc4c(c23)CCCC4)c1. The van der Waals surface area contributed by atoms with E-state index in [1.165, 1.54) is 28.7 Å². The fourth-order valence-corrected chi connectivity index (χ4v) is 5.37. The Morgan fingerprint density at radius 3 is 3.00 bits per heavy atom. The zero-order valence-corrected chi connectivity index (χ0v) is 14.6. The van der Waals surface area contributed by atoms with Crippen LogP contribution in [0.1, 0.15) is 39.2 Å². The lowest BCUT2D eigenvalue weighted by atomic mass is 9.97. The number of hydrogen-bond donors (Lipinski definition) is 0. The first-order valence-corrected chi connectivity index (χ1v) is 9.71. The molecule has 2 heterocycles. The Bertz CT molecular complexity index is 921. The van der Waals surface area contributed by atoms with Gasteiger partial charge in [0.15, 0.2) is 0 Å². The van der Waals surface area contributed by atoms with E-state index in [2.05, 4.69) is 9.97 Å². The van der Waals surface area contributed by atoms with Gasteiger partial charge in [0, 0.05) is 16.0 Å². The minimum Gasteiger partial charge on any atom is -0.545 e. The van der Waals surface area contributed by atoms with Gasteiger partial charge in [-0.1, -0.05) is 18.2 Å². The van der Waals surface area contributed by atoms with Crippen LogP contribution in [0.3, 0.4) is 0 Å². The molecule has 0 aliphatic heterocycles. The fraction of sp³-hybridized carbons (Fsp3) is 0.278. The third-order valence-corrected chi connectivity index (χ3v) is 6.52. The van der Waals surface area contributed by atoms with E-state index in [9.17, 15) is 9.90 Å². The maximum atomic E-state index is 11.0. The van der Waals surface area contributed by atoms with Crippen molar-refractivity contribution >= 4 is 39.3 Å². The van der Waals surface area contributed by atoms with Gasteiger partial charge in [0.1, 0.15) is 16.2 Å². The van der Waals surface area contributed by atoms with Gasteiger partial charge in [0.25, 0.3) is 0 Å². The van der Waals surface area contributed by atoms with Crippen molar-refractivity contribution in [3.8, 4) is 0 Å². The van der Waals surface area contributed by atoms with Crippen molar-refractivity contribution < 1.29 is 9.90 Å². The molecule has 1 aliphatic carbocycles. The summed E-state index contributed by atoms with van der Waals surface area (Å²) < 4.78 is 0. The van der Waals surface area contributed by atoms with E-state index in [0.29, 0.717) is 5.75 Å². The van der Waals surface area contributed by atoms with Gasteiger partial charge in [-0.15, -0.1) is 23.1 Å². The summed E-state index contributed by atoms with van der Waals surface area (Å²) in [6.07, 6.45) is 6.37. The van der Waals surface area contributed by atoms with E-state index in [1.54, 1.807) is 47.6 Å². The number of benzene rings is 1. The van der Waals surface area contributed by atoms with Crippen molar-refractivity contribution in [1.82, 2.24) is 9.97 Å². The molecule has 6 heteroatoms. The van der Waals surface area contributed by atoms with Gasteiger partial charge in [-0.05, 0) is 48.4 Å². The highest BCUT2D eigenvalue weighted by atomic mass is 32.2. The number of aryl methyl sites for hydroxylation is 2. The summed E-state index contributed by atoms with van der Waals surface area (Å²) in [5.41, 5.74) is 2.60. The minimum atomic E-state index is -1.14. The van der Waals surface area contributed by atoms with Crippen molar-refractivity contribution in [2.45, 2.75) is 36.5 Å². The van der Waals surface area contributed by atoms with Crippen molar-refractivity contribution in [2.24, 2.45) is 0 Å². The van der Waals surface area contributed by atoms with E-state index >= 15 is 0 Å². The summed E-state index contributed by atoms with van der Waals surface area (Å²) >= 11 is 3.43. The van der Waals surface area contributed by atoms with Gasteiger partial charge >= 0.3 is 0 Å². The van der Waals surface area contributed by atoms with Gasteiger partial charge in [0.2, 0.25) is 0 Å². The molecule has 2 aromatic heterocycles. The van der Waals surface area contributed by atoms with Gasteiger partial charge in [-0.25, -0.2) is 9.97 Å². The molecule has 24 heavy (non-hydrogen) atoms. The summed E-state index contributed by atoms with van der Waals surface area (Å²) in [7, 11) is 0. The first kappa shape index (κ1) is 15.6. The molecule has 3 aromatic rings. The summed E-state index contributed by atoms with van der Waals surface area (Å²) in [6, 6.07) is 6.91. The largest absolute Gasteiger partial charge is 0.545 e. The number of hydrogen-bond acceptors (Lipinski definition) is 6. The first-order chi connectivity index (χ1) is 11.7. The number of thiophene rings is 1. The average molecular weight is 355 g/mol. The molecule has 0 unspecified atom stereocenters. The predicted molar refractivity (Wildman–Crippen MR) is 94.4 cm³/mol. The van der Waals surface area contributed by atoms with E-state index in [-0.39, 0.29) is 5.56 Å². The third-order valence-electron chi connectivity index (χ3n) is 4.25. The number of carboxylic acid groups (broad SMARTS) is 1. The highest BCUT2D eigenvalue weighted by Crippen LogP contribution is 2.39. The number of rotatable bonds is 4. The first-order valence-electron chi connectivity index (χ1n) is 7.90. The highest BCUT2D eigenvalue weighted by molar-refractivity contribution is 7.98. The molecule has 0 atom stereocenters. The maximum Gasteiger partial charge on any atom is 0.128 e. The van der Waals surface area contributed by atoms with E-state index in [1.807, 2.05) is 6.07 Å². The topological polar surface area (TPSA) is 65.9 Å². The highest BCUT2D eigenvalue weighted by Gasteiger charge is 2.19. The maximum absolute atomic E-state index is 11.0. The van der Waals surface area contributed by atoms with Crippen molar-refractivity contribution in [1.29, 1.82) is 0 Å². The standard InChI is InChI=1S/C18H16N2O2S2/c21-18(22)12-5-3-4-11(8-12)9-23-16-15-13-6-1-2-7-14(13)24-17(15)20-10-19-16/h3-5,8,10H,1-2,6-7,9H2,(H,21,22)/p-1. The molecule has 0 saturated heterocycles. The van der Waals surface area contributed by atoms with Crippen molar-refractivity contribution in [2.75, 3.05) is 0 Å². The molecule has 4 rings (SSSR count). The smallest absolute Gasteiger partial charge is 0.128 e. The normalized spacial score (nSPS) is 13.8. The van der Waals surface area contributed by atoms with Gasteiger partial charge in [-0.3, -0.25) is 0 Å². The van der Waals surface area contributed by atoms with E-state index < -0.39 is 5.97 Å². The predicted octanol–water partition coefficient (Wildman–Crippen LogP) is 3.23. The van der Waals surface area contributed by atoms with Crippen LogP contribution >= 0.6 is 23.1 Å². The molecule has 0 bridgehead atoms. The van der Waals surface area contributed by atoms with Crippen LogP contribution in [0, 0.1) is 0 Å². The Kier molecular flexibility index (Phi) is 4.24. The van der Waals surface area contributed by atoms with Gasteiger partial charge < -0.3 is 9.90 Å². The molecule has 1 aliphatic rings. The molecule has 0 amide bonds. The lowest BCUT2D eigenvalue weighted by Gasteiger charge is -2.11. The van der Waals surface area contributed by atoms with Gasteiger partial charge in [0.05, 0.1) is 5.97 Å². The third kappa shape index (κ3) is 2.91. The monoisotopic (exact) mass is 355 g/mol. The molecular weight excluding hydrogens is 340 g/mol. The second-order valence-corrected chi connectivity index (χ2v) is 7.89. The molecule has 0 fully saturated rings. The Balaban J connectivity index is 1.64. The molecule has 0 saturated carbocycles. The van der Waals surface area contributed by atoms with Crippen LogP contribution in [0.5, 0.6) is 0 Å². The van der Waals surface area contributed by atoms with Crippen LogP contribution in [0.4, 0.5) is 0 Å². The Hall–Kier alpha value is -1.92. The van der Waals surface area contributed by atoms with E-state index in [0.717, 1.165) is 28.3 Å². The minimum absolute atomic E-state index is 0.217. The number of carbonyl (C=O) groups excluding carboxylic acids is 1. The summed E-state index contributed by atoms with van der Waals surface area (Å²) in [5, 5.41) is 13.2. The number of fused-ring (bicyclic) bond motifs is 3. The van der Waals surface area contributed by atoms with Crippen LogP contribution in [0.15, 0.2) is 35.6 Å². The summed E-state index contributed by atoms with van der Waals surface area (Å²) in [4.78, 5) is 22.5. The van der Waals surface area contributed by atoms with Crippen LogP contribution < -0.4 is 5.11 Å². The lowest BCUT2D eigenvalue weighted by Crippen LogP contribution is -2.22. The molecule has 122 valence electrons. The fourth-order valence-electron chi connectivity index (χ4n) is 3.11. The number of carboxylic acids is 1. The number of carbonyl (C=O) groups is 1. The molecule has 0 radical (unpaired) electrons. The van der Waals surface area contributed by atoms with Crippen LogP contribution in [-0.4, -0.2) is 15.9 Å². The molecule has 4 nitrogen and oxygen atoms in total. The molecular formula is C18H15N2O2S2-. The van der Waals surface area contributed by atoms with Crippen molar-refractivity contribution in [3.63, 3.8) is 0 Å². The molecule has 0 N–H and O–H groups in total. The van der Waals surface area contributed by atoms with E-state index in [4.69, 9.17) is 0 Å². The summed E-state index contributed by atoms with van der Waals surface area (Å²) in [5.74, 6) is -0.462. The van der Waals surface area contributed by atoms with Gasteiger partial charge in [-0.2, -0.15) is 0 Å². The average Bonchev–Trinajstić information content (AvgIpc) is 2.99.